The van der Waals surface area contributed by atoms with Crippen LogP contribution in [-0.2, 0) is 0 Å². The van der Waals surface area contributed by atoms with E-state index < -0.39 is 0 Å². The Bertz CT molecular complexity index is 1080. The molecule has 0 aliphatic heterocycles. The van der Waals surface area contributed by atoms with E-state index in [0.29, 0.717) is 44.4 Å². The molecule has 0 unspecified atom stereocenters. The van der Waals surface area contributed by atoms with Crippen LogP contribution in [0.25, 0.3) is 11.3 Å². The SMILES string of the molecule is COc1ccc(-c2n[nH]c(C3CC3)c2NC(=O)c2ccc(Cl)c(Cl)c2)cc1OC. The van der Waals surface area contributed by atoms with Crippen LogP contribution in [0, 0.1) is 0 Å². The van der Waals surface area contributed by atoms with Crippen molar-refractivity contribution in [2.24, 2.45) is 0 Å². The molecule has 8 heteroatoms. The first-order chi connectivity index (χ1) is 14.0. The smallest absolute Gasteiger partial charge is 0.255 e. The number of nitrogens with zero attached hydrogens (tertiary/aromatic N) is 1. The molecule has 2 N–H and O–H groups in total. The van der Waals surface area contributed by atoms with Crippen molar-refractivity contribution < 1.29 is 14.3 Å². The van der Waals surface area contributed by atoms with Crippen molar-refractivity contribution >= 4 is 34.8 Å². The first-order valence-corrected chi connectivity index (χ1v) is 9.84. The van der Waals surface area contributed by atoms with Gasteiger partial charge in [0.15, 0.2) is 11.5 Å². The number of hydrogen-bond donors (Lipinski definition) is 2. The van der Waals surface area contributed by atoms with Gasteiger partial charge in [0.2, 0.25) is 0 Å². The molecule has 29 heavy (non-hydrogen) atoms. The maximum atomic E-state index is 12.9. The van der Waals surface area contributed by atoms with Gasteiger partial charge in [0.1, 0.15) is 5.69 Å². The van der Waals surface area contributed by atoms with Crippen molar-refractivity contribution in [1.82, 2.24) is 10.2 Å². The molecule has 4 rings (SSSR count). The lowest BCUT2D eigenvalue weighted by molar-refractivity contribution is 0.102. The lowest BCUT2D eigenvalue weighted by Gasteiger charge is -2.11. The number of carbonyl (C=O) groups excluding carboxylic acids is 1. The zero-order valence-corrected chi connectivity index (χ0v) is 17.4. The molecular formula is C21H19Cl2N3O3. The minimum absolute atomic E-state index is 0.284. The van der Waals surface area contributed by atoms with Gasteiger partial charge in [0, 0.05) is 17.0 Å². The second-order valence-electron chi connectivity index (χ2n) is 6.79. The summed E-state index contributed by atoms with van der Waals surface area (Å²) in [6, 6.07) is 10.3. The summed E-state index contributed by atoms with van der Waals surface area (Å²) < 4.78 is 10.7. The van der Waals surface area contributed by atoms with E-state index >= 15 is 0 Å². The Morgan fingerprint density at radius 3 is 2.48 bits per heavy atom. The second kappa shape index (κ2) is 7.97. The Balaban J connectivity index is 1.72. The van der Waals surface area contributed by atoms with E-state index in [1.165, 1.54) is 0 Å². The number of methoxy groups -OCH3 is 2. The topological polar surface area (TPSA) is 76.2 Å². The minimum atomic E-state index is -0.284. The number of carbonyl (C=O) groups is 1. The number of rotatable bonds is 6. The first-order valence-electron chi connectivity index (χ1n) is 9.09. The van der Waals surface area contributed by atoms with Crippen molar-refractivity contribution in [1.29, 1.82) is 0 Å². The molecule has 0 spiro atoms. The van der Waals surface area contributed by atoms with E-state index in [-0.39, 0.29) is 5.91 Å². The Morgan fingerprint density at radius 2 is 1.83 bits per heavy atom. The Kier molecular flexibility index (Phi) is 5.39. The normalized spacial score (nSPS) is 13.2. The Labute approximate surface area is 178 Å². The fraction of sp³-hybridized carbons (Fsp3) is 0.238. The molecule has 0 radical (unpaired) electrons. The third-order valence-electron chi connectivity index (χ3n) is 4.86. The average Bonchev–Trinajstić information content (AvgIpc) is 3.50. The van der Waals surface area contributed by atoms with Crippen molar-refractivity contribution in [3.8, 4) is 22.8 Å². The van der Waals surface area contributed by atoms with Gasteiger partial charge in [-0.25, -0.2) is 0 Å². The summed E-state index contributed by atoms with van der Waals surface area (Å²) >= 11 is 12.0. The molecule has 3 aromatic rings. The third-order valence-corrected chi connectivity index (χ3v) is 5.60. The van der Waals surface area contributed by atoms with Crippen molar-refractivity contribution in [3.63, 3.8) is 0 Å². The van der Waals surface area contributed by atoms with Gasteiger partial charge in [0.05, 0.1) is 35.6 Å². The van der Waals surface area contributed by atoms with Crippen LogP contribution in [0.3, 0.4) is 0 Å². The number of H-pyrrole nitrogens is 1. The monoisotopic (exact) mass is 431 g/mol. The van der Waals surface area contributed by atoms with Crippen molar-refractivity contribution in [2.75, 3.05) is 19.5 Å². The predicted octanol–water partition coefficient (Wildman–Crippen LogP) is 5.53. The Hall–Kier alpha value is -2.70. The molecule has 1 aliphatic carbocycles. The van der Waals surface area contributed by atoms with E-state index in [0.717, 1.165) is 24.1 Å². The van der Waals surface area contributed by atoms with Gasteiger partial charge in [-0.2, -0.15) is 5.10 Å². The number of aromatic amines is 1. The highest BCUT2D eigenvalue weighted by Gasteiger charge is 2.31. The maximum Gasteiger partial charge on any atom is 0.255 e. The molecule has 0 saturated heterocycles. The number of benzene rings is 2. The minimum Gasteiger partial charge on any atom is -0.493 e. The molecule has 1 amide bonds. The van der Waals surface area contributed by atoms with Gasteiger partial charge in [-0.1, -0.05) is 23.2 Å². The summed E-state index contributed by atoms with van der Waals surface area (Å²) in [5.41, 5.74) is 3.44. The van der Waals surface area contributed by atoms with E-state index in [1.807, 2.05) is 18.2 Å². The van der Waals surface area contributed by atoms with Crippen LogP contribution >= 0.6 is 23.2 Å². The molecule has 2 aromatic carbocycles. The lowest BCUT2D eigenvalue weighted by atomic mass is 10.1. The number of nitrogens with one attached hydrogen (secondary N) is 2. The highest BCUT2D eigenvalue weighted by atomic mass is 35.5. The summed E-state index contributed by atoms with van der Waals surface area (Å²) in [6.07, 6.45) is 2.12. The molecule has 1 saturated carbocycles. The van der Waals surface area contributed by atoms with Crippen LogP contribution < -0.4 is 14.8 Å². The van der Waals surface area contributed by atoms with Gasteiger partial charge in [0.25, 0.3) is 5.91 Å². The Morgan fingerprint density at radius 1 is 1.07 bits per heavy atom. The number of ether oxygens (including phenoxy) is 2. The molecule has 0 bridgehead atoms. The van der Waals surface area contributed by atoms with Gasteiger partial charge in [-0.05, 0) is 49.2 Å². The number of amides is 1. The highest BCUT2D eigenvalue weighted by Crippen LogP contribution is 2.46. The predicted molar refractivity (Wildman–Crippen MR) is 114 cm³/mol. The largest absolute Gasteiger partial charge is 0.493 e. The number of anilines is 1. The lowest BCUT2D eigenvalue weighted by Crippen LogP contribution is -2.13. The molecule has 1 fully saturated rings. The number of hydrogen-bond acceptors (Lipinski definition) is 4. The zero-order valence-electron chi connectivity index (χ0n) is 15.9. The fourth-order valence-electron chi connectivity index (χ4n) is 3.16. The van der Waals surface area contributed by atoms with Gasteiger partial charge in [-0.3, -0.25) is 9.89 Å². The number of aromatic nitrogens is 2. The number of halogens is 2. The highest BCUT2D eigenvalue weighted by molar-refractivity contribution is 6.42. The van der Waals surface area contributed by atoms with Crippen LogP contribution in [0.4, 0.5) is 5.69 Å². The van der Waals surface area contributed by atoms with Crippen LogP contribution in [0.15, 0.2) is 36.4 Å². The molecule has 0 atom stereocenters. The molecular weight excluding hydrogens is 413 g/mol. The van der Waals surface area contributed by atoms with Gasteiger partial charge >= 0.3 is 0 Å². The molecule has 1 heterocycles. The standard InChI is InChI=1S/C21H19Cl2N3O3/c1-28-16-8-6-12(10-17(16)29-2)19-20(18(25-26-19)11-3-4-11)24-21(27)13-5-7-14(22)15(23)9-13/h5-11H,3-4H2,1-2H3,(H,24,27)(H,25,26). The molecule has 1 aliphatic rings. The van der Waals surface area contributed by atoms with Crippen LogP contribution in [0.1, 0.15) is 34.8 Å². The first kappa shape index (κ1) is 19.6. The van der Waals surface area contributed by atoms with Crippen molar-refractivity contribution in [3.05, 3.63) is 57.7 Å². The molecule has 6 nitrogen and oxygen atoms in total. The van der Waals surface area contributed by atoms with E-state index in [1.54, 1.807) is 32.4 Å². The quantitative estimate of drug-likeness (QED) is 0.537. The van der Waals surface area contributed by atoms with Crippen LogP contribution in [-0.4, -0.2) is 30.3 Å². The van der Waals surface area contributed by atoms with Crippen LogP contribution in [0.2, 0.25) is 10.0 Å². The molecule has 1 aromatic heterocycles. The summed E-state index contributed by atoms with van der Waals surface area (Å²) in [5, 5.41) is 11.3. The molecule has 150 valence electrons. The third kappa shape index (κ3) is 3.91. The summed E-state index contributed by atoms with van der Waals surface area (Å²) in [6.45, 7) is 0. The van der Waals surface area contributed by atoms with E-state index in [4.69, 9.17) is 32.7 Å². The van der Waals surface area contributed by atoms with E-state index in [9.17, 15) is 4.79 Å². The van der Waals surface area contributed by atoms with Gasteiger partial charge in [-0.15, -0.1) is 0 Å². The summed E-state index contributed by atoms with van der Waals surface area (Å²) in [7, 11) is 3.16. The summed E-state index contributed by atoms with van der Waals surface area (Å²) in [4.78, 5) is 12.9. The van der Waals surface area contributed by atoms with Gasteiger partial charge < -0.3 is 14.8 Å². The summed E-state index contributed by atoms with van der Waals surface area (Å²) in [5.74, 6) is 1.28. The maximum absolute atomic E-state index is 12.9. The zero-order chi connectivity index (χ0) is 20.5. The fourth-order valence-corrected chi connectivity index (χ4v) is 3.46. The second-order valence-corrected chi connectivity index (χ2v) is 7.60. The van der Waals surface area contributed by atoms with E-state index in [2.05, 4.69) is 15.5 Å². The average molecular weight is 432 g/mol. The van der Waals surface area contributed by atoms with Crippen molar-refractivity contribution in [2.45, 2.75) is 18.8 Å². The van der Waals surface area contributed by atoms with Crippen LogP contribution in [0.5, 0.6) is 11.5 Å².